The molecule has 1 aliphatic heterocycles. The van der Waals surface area contributed by atoms with E-state index >= 15 is 0 Å². The molecule has 1 atom stereocenters. The smallest absolute Gasteiger partial charge is 0.488 e. The average molecular weight is 433 g/mol. The molecule has 158 valence electrons. The number of fused-ring (bicyclic) bond motifs is 1. The third-order valence-corrected chi connectivity index (χ3v) is 5.35. The number of nitrogens with zero attached hydrogens (tertiary/aromatic N) is 1. The summed E-state index contributed by atoms with van der Waals surface area (Å²) in [6.07, 6.45) is 5.97. The number of benzene rings is 2. The fraction of sp³-hybridized carbons (Fsp3) is 0.286. The van der Waals surface area contributed by atoms with E-state index in [9.17, 15) is 17.1 Å². The predicted molar refractivity (Wildman–Crippen MR) is 108 cm³/mol. The molecular weight excluding hydrogens is 413 g/mol. The van der Waals surface area contributed by atoms with Crippen molar-refractivity contribution in [2.24, 2.45) is 0 Å². The van der Waals surface area contributed by atoms with Crippen LogP contribution in [0.25, 0.3) is 0 Å². The Labute approximate surface area is 174 Å². The van der Waals surface area contributed by atoms with E-state index in [1.165, 1.54) is 19.2 Å². The third kappa shape index (κ3) is 4.33. The molecule has 0 N–H and O–H groups in total. The van der Waals surface area contributed by atoms with E-state index in [0.29, 0.717) is 24.5 Å². The second kappa shape index (κ2) is 8.24. The van der Waals surface area contributed by atoms with Gasteiger partial charge in [0.2, 0.25) is 0 Å². The van der Waals surface area contributed by atoms with Crippen molar-refractivity contribution in [1.82, 2.24) is 4.90 Å². The Balaban J connectivity index is 1.97. The van der Waals surface area contributed by atoms with Crippen molar-refractivity contribution < 1.29 is 30.8 Å². The van der Waals surface area contributed by atoms with E-state index in [-0.39, 0.29) is 28.8 Å². The Kier molecular flexibility index (Phi) is 5.89. The van der Waals surface area contributed by atoms with E-state index in [0.717, 1.165) is 17.2 Å². The molecule has 0 fully saturated rings. The molecule has 7 nitrogen and oxygen atoms in total. The number of hydrogen-bond donors (Lipinski definition) is 0. The van der Waals surface area contributed by atoms with Gasteiger partial charge in [0, 0.05) is 17.7 Å². The first kappa shape index (κ1) is 21.5. The number of halogens is 1. The normalized spacial score (nSPS) is 15.7. The molecule has 1 unspecified atom stereocenters. The van der Waals surface area contributed by atoms with E-state index in [4.69, 9.17) is 15.9 Å². The van der Waals surface area contributed by atoms with Crippen LogP contribution in [0.1, 0.15) is 40.0 Å². The summed E-state index contributed by atoms with van der Waals surface area (Å²) in [6, 6.07) is 7.17. The molecule has 1 heterocycles. The first-order valence-electron chi connectivity index (χ1n) is 8.98. The minimum Gasteiger partial charge on any atom is -0.493 e. The van der Waals surface area contributed by atoms with Crippen LogP contribution in [0.15, 0.2) is 30.3 Å². The summed E-state index contributed by atoms with van der Waals surface area (Å²) < 4.78 is 49.6. The fourth-order valence-corrected chi connectivity index (χ4v) is 3.88. The van der Waals surface area contributed by atoms with Crippen molar-refractivity contribution in [3.8, 4) is 29.6 Å². The summed E-state index contributed by atoms with van der Waals surface area (Å²) in [5, 5.41) is 0. The van der Waals surface area contributed by atoms with Gasteiger partial charge in [-0.15, -0.1) is 6.42 Å². The van der Waals surface area contributed by atoms with Crippen LogP contribution in [0.2, 0.25) is 0 Å². The van der Waals surface area contributed by atoms with E-state index in [2.05, 4.69) is 10.1 Å². The Hall–Kier alpha value is -3.25. The molecule has 2 aromatic rings. The quantitative estimate of drug-likeness (QED) is 0.533. The van der Waals surface area contributed by atoms with Gasteiger partial charge in [0.25, 0.3) is 5.91 Å². The number of rotatable bonds is 5. The summed E-state index contributed by atoms with van der Waals surface area (Å²) in [4.78, 5) is 14.8. The molecule has 0 saturated carbocycles. The minimum absolute atomic E-state index is 0.0971. The lowest BCUT2D eigenvalue weighted by Gasteiger charge is -2.36. The zero-order valence-corrected chi connectivity index (χ0v) is 17.5. The van der Waals surface area contributed by atoms with Crippen LogP contribution in [0, 0.1) is 12.3 Å². The van der Waals surface area contributed by atoms with Gasteiger partial charge in [-0.05, 0) is 54.8 Å². The van der Waals surface area contributed by atoms with Crippen LogP contribution in [0.5, 0.6) is 17.2 Å². The SMILES string of the molecule is C#Cc1cc(OS(=O)(=O)F)cc(C(=O)N2CCc3cc(OC)c(OC)cc3C2C)c1. The molecule has 0 saturated heterocycles. The highest BCUT2D eigenvalue weighted by molar-refractivity contribution is 7.81. The monoisotopic (exact) mass is 433 g/mol. The van der Waals surface area contributed by atoms with Gasteiger partial charge in [0.1, 0.15) is 5.75 Å². The standard InChI is InChI=1S/C21H20FNO6S/c1-5-14-8-16(10-17(9-14)29-30(22,25)26)21(24)23-7-6-15-11-19(27-3)20(28-4)12-18(15)13(23)2/h1,8-13H,6-7H2,2-4H3. The maximum atomic E-state index is 13.2. The molecule has 0 aromatic heterocycles. The van der Waals surface area contributed by atoms with E-state index in [1.807, 2.05) is 19.1 Å². The van der Waals surface area contributed by atoms with Gasteiger partial charge in [-0.2, -0.15) is 8.42 Å². The maximum Gasteiger partial charge on any atom is 0.488 e. The lowest BCUT2D eigenvalue weighted by Crippen LogP contribution is -2.39. The Morgan fingerprint density at radius 1 is 1.17 bits per heavy atom. The van der Waals surface area contributed by atoms with Gasteiger partial charge >= 0.3 is 10.5 Å². The van der Waals surface area contributed by atoms with Crippen LogP contribution < -0.4 is 13.7 Å². The molecule has 0 spiro atoms. The fourth-order valence-electron chi connectivity index (χ4n) is 3.56. The molecular formula is C21H20FNO6S. The van der Waals surface area contributed by atoms with Crippen molar-refractivity contribution in [2.75, 3.05) is 20.8 Å². The van der Waals surface area contributed by atoms with Crippen LogP contribution in [0.3, 0.4) is 0 Å². The van der Waals surface area contributed by atoms with Crippen LogP contribution in [-0.2, 0) is 16.9 Å². The topological polar surface area (TPSA) is 82.1 Å². The predicted octanol–water partition coefficient (Wildman–Crippen LogP) is 3.04. The number of hydrogen-bond acceptors (Lipinski definition) is 6. The van der Waals surface area contributed by atoms with Gasteiger partial charge < -0.3 is 18.6 Å². The number of carbonyl (C=O) groups is 1. The lowest BCUT2D eigenvalue weighted by molar-refractivity contribution is 0.0677. The molecule has 2 aromatic carbocycles. The Morgan fingerprint density at radius 2 is 1.83 bits per heavy atom. The zero-order chi connectivity index (χ0) is 22.1. The average Bonchev–Trinajstić information content (AvgIpc) is 2.71. The van der Waals surface area contributed by atoms with Crippen LogP contribution in [0.4, 0.5) is 3.89 Å². The molecule has 0 aliphatic carbocycles. The van der Waals surface area contributed by atoms with Gasteiger partial charge in [-0.1, -0.05) is 9.81 Å². The molecule has 1 aliphatic rings. The molecule has 1 amide bonds. The van der Waals surface area contributed by atoms with Gasteiger partial charge in [0.05, 0.1) is 20.3 Å². The van der Waals surface area contributed by atoms with Crippen molar-refractivity contribution >= 4 is 16.4 Å². The number of ether oxygens (including phenoxy) is 2. The number of methoxy groups -OCH3 is 2. The Morgan fingerprint density at radius 3 is 2.43 bits per heavy atom. The Bertz CT molecular complexity index is 1140. The van der Waals surface area contributed by atoms with Gasteiger partial charge in [-0.25, -0.2) is 0 Å². The molecule has 0 radical (unpaired) electrons. The maximum absolute atomic E-state index is 13.2. The summed E-state index contributed by atoms with van der Waals surface area (Å²) in [7, 11) is -2.16. The van der Waals surface area contributed by atoms with Crippen molar-refractivity contribution in [3.63, 3.8) is 0 Å². The van der Waals surface area contributed by atoms with Crippen LogP contribution >= 0.6 is 0 Å². The summed E-state index contributed by atoms with van der Waals surface area (Å²) in [5.41, 5.74) is 2.23. The highest BCUT2D eigenvalue weighted by atomic mass is 32.3. The summed E-state index contributed by atoms with van der Waals surface area (Å²) >= 11 is 0. The summed E-state index contributed by atoms with van der Waals surface area (Å²) in [6.45, 7) is 2.29. The number of carbonyl (C=O) groups excluding carboxylic acids is 1. The minimum atomic E-state index is -5.25. The zero-order valence-electron chi connectivity index (χ0n) is 16.6. The number of terminal acetylenes is 1. The van der Waals surface area contributed by atoms with Crippen molar-refractivity contribution in [1.29, 1.82) is 0 Å². The molecule has 3 rings (SSSR count). The highest BCUT2D eigenvalue weighted by Crippen LogP contribution is 2.38. The molecule has 30 heavy (non-hydrogen) atoms. The second-order valence-electron chi connectivity index (χ2n) is 6.70. The first-order chi connectivity index (χ1) is 14.2. The first-order valence-corrected chi connectivity index (χ1v) is 10.3. The largest absolute Gasteiger partial charge is 0.493 e. The number of amides is 1. The van der Waals surface area contributed by atoms with Crippen molar-refractivity contribution in [2.45, 2.75) is 19.4 Å². The van der Waals surface area contributed by atoms with Gasteiger partial charge in [0.15, 0.2) is 11.5 Å². The second-order valence-corrected chi connectivity index (χ2v) is 7.65. The van der Waals surface area contributed by atoms with Crippen LogP contribution in [-0.4, -0.2) is 40.0 Å². The van der Waals surface area contributed by atoms with Gasteiger partial charge in [-0.3, -0.25) is 4.79 Å². The molecule has 0 bridgehead atoms. The third-order valence-electron chi connectivity index (χ3n) is 4.96. The summed E-state index contributed by atoms with van der Waals surface area (Å²) in [5.74, 6) is 2.71. The van der Waals surface area contributed by atoms with E-state index in [1.54, 1.807) is 12.0 Å². The molecule has 9 heteroatoms. The van der Waals surface area contributed by atoms with E-state index < -0.39 is 10.5 Å². The highest BCUT2D eigenvalue weighted by Gasteiger charge is 2.30. The van der Waals surface area contributed by atoms with Crippen molar-refractivity contribution in [3.05, 3.63) is 52.6 Å². The lowest BCUT2D eigenvalue weighted by atomic mass is 9.92.